The fourth-order valence-electron chi connectivity index (χ4n) is 6.84. The Labute approximate surface area is 309 Å². The predicted molar refractivity (Wildman–Crippen MR) is 186 cm³/mol. The van der Waals surface area contributed by atoms with E-state index >= 15 is 0 Å². The molecule has 2 aliphatic rings. The zero-order valence-corrected chi connectivity index (χ0v) is 31.3. The highest BCUT2D eigenvalue weighted by Crippen LogP contribution is 2.43. The lowest BCUT2D eigenvalue weighted by Crippen LogP contribution is -2.28. The van der Waals surface area contributed by atoms with Gasteiger partial charge in [0.25, 0.3) is 0 Å². The Morgan fingerprint density at radius 3 is 1.29 bits per heavy atom. The number of carbonyl (C=O) groups is 4. The van der Waals surface area contributed by atoms with Crippen molar-refractivity contribution in [2.75, 3.05) is 13.2 Å². The second kappa shape index (κ2) is 16.8. The molecule has 0 spiro atoms. The van der Waals surface area contributed by atoms with E-state index in [9.17, 15) is 19.2 Å². The van der Waals surface area contributed by atoms with Crippen molar-refractivity contribution in [2.45, 2.75) is 66.2 Å². The Balaban J connectivity index is 1.52. The summed E-state index contributed by atoms with van der Waals surface area (Å²) in [5, 5.41) is -1.45. The molecule has 2 fully saturated rings. The number of esters is 4. The first kappa shape index (κ1) is 38.9. The second-order valence-electron chi connectivity index (χ2n) is 12.8. The summed E-state index contributed by atoms with van der Waals surface area (Å²) in [5.74, 6) is -4.53. The number of halogens is 6. The first-order valence-corrected chi connectivity index (χ1v) is 18.0. The number of hydrogen-bond acceptors (Lipinski definition) is 8. The lowest BCUT2D eigenvalue weighted by atomic mass is 9.86. The van der Waals surface area contributed by atoms with Crippen LogP contribution in [0.1, 0.15) is 86.9 Å². The van der Waals surface area contributed by atoms with Crippen LogP contribution in [0.15, 0.2) is 12.1 Å². The van der Waals surface area contributed by atoms with Crippen molar-refractivity contribution in [1.82, 2.24) is 0 Å². The fraction of sp³-hybridized carbons (Fsp3) is 0.529. The van der Waals surface area contributed by atoms with Gasteiger partial charge in [-0.15, -0.1) is 0 Å². The van der Waals surface area contributed by atoms with Gasteiger partial charge in [0.2, 0.25) is 0 Å². The molecule has 2 saturated carbocycles. The maximum atomic E-state index is 13.3. The minimum Gasteiger partial charge on any atom is -0.462 e. The topological polar surface area (TPSA) is 105 Å². The minimum atomic E-state index is -1.64. The monoisotopic (exact) mass is 782 g/mol. The first-order chi connectivity index (χ1) is 22.6. The number of hydrogen-bond donors (Lipinski definition) is 0. The standard InChI is InChI=1S/C34H36Cl6O8/c1-15-7-5-9-19(15)17(3)13-45-31(41)25-27(39)21(35)11-23(37)29(25)47-33(43)34(44)48-30-24(38)12-22(36)28(40)26(30)32(42)46-14-18(4)20-10-6-8-16(20)2/h11-12,15-20H,5-10,13-14H2,1-4H3. The van der Waals surface area contributed by atoms with Crippen molar-refractivity contribution in [3.8, 4) is 11.5 Å². The van der Waals surface area contributed by atoms with Crippen molar-refractivity contribution >= 4 is 93.5 Å². The number of rotatable bonds is 10. The van der Waals surface area contributed by atoms with Gasteiger partial charge in [-0.2, -0.15) is 0 Å². The van der Waals surface area contributed by atoms with Crippen molar-refractivity contribution in [2.24, 2.45) is 35.5 Å². The van der Waals surface area contributed by atoms with Gasteiger partial charge in [-0.25, -0.2) is 19.2 Å². The van der Waals surface area contributed by atoms with Crippen LogP contribution >= 0.6 is 69.6 Å². The van der Waals surface area contributed by atoms with Crippen LogP contribution in [0.4, 0.5) is 0 Å². The van der Waals surface area contributed by atoms with Crippen LogP contribution < -0.4 is 9.47 Å². The van der Waals surface area contributed by atoms with Gasteiger partial charge in [0.15, 0.2) is 11.5 Å². The van der Waals surface area contributed by atoms with Gasteiger partial charge in [-0.3, -0.25) is 0 Å². The maximum absolute atomic E-state index is 13.3. The van der Waals surface area contributed by atoms with Gasteiger partial charge in [-0.05, 0) is 60.5 Å². The van der Waals surface area contributed by atoms with E-state index in [-0.39, 0.29) is 55.2 Å². The van der Waals surface area contributed by atoms with Crippen molar-refractivity contribution < 1.29 is 38.1 Å². The molecule has 2 aromatic carbocycles. The summed E-state index contributed by atoms with van der Waals surface area (Å²) < 4.78 is 21.5. The van der Waals surface area contributed by atoms with E-state index in [2.05, 4.69) is 13.8 Å². The molecule has 0 aromatic heterocycles. The lowest BCUT2D eigenvalue weighted by molar-refractivity contribution is -0.156. The molecule has 0 radical (unpaired) electrons. The predicted octanol–water partition coefficient (Wildman–Crippen LogP) is 10.6. The maximum Gasteiger partial charge on any atom is 0.423 e. The number of benzene rings is 2. The smallest absolute Gasteiger partial charge is 0.423 e. The zero-order valence-electron chi connectivity index (χ0n) is 26.8. The highest BCUT2D eigenvalue weighted by Gasteiger charge is 2.34. The zero-order chi connectivity index (χ0) is 35.4. The van der Waals surface area contributed by atoms with Crippen LogP contribution in [-0.2, 0) is 19.1 Å². The Bertz CT molecular complexity index is 1460. The quantitative estimate of drug-likeness (QED) is 0.101. The third kappa shape index (κ3) is 8.85. The summed E-state index contributed by atoms with van der Waals surface area (Å²) in [6.45, 7) is 8.43. The normalized spacial score (nSPS) is 21.8. The molecule has 4 rings (SSSR count). The van der Waals surface area contributed by atoms with Gasteiger partial charge in [0.1, 0.15) is 11.1 Å². The summed E-state index contributed by atoms with van der Waals surface area (Å²) in [4.78, 5) is 52.6. The Morgan fingerprint density at radius 1 is 0.625 bits per heavy atom. The second-order valence-corrected chi connectivity index (χ2v) is 15.2. The molecule has 2 aliphatic carbocycles. The van der Waals surface area contributed by atoms with Crippen molar-refractivity contribution in [3.05, 3.63) is 53.4 Å². The van der Waals surface area contributed by atoms with Gasteiger partial charge >= 0.3 is 23.9 Å². The molecule has 0 amide bonds. The van der Waals surface area contributed by atoms with Crippen LogP contribution in [0.25, 0.3) is 0 Å². The molecule has 6 atom stereocenters. The summed E-state index contributed by atoms with van der Waals surface area (Å²) in [6.07, 6.45) is 6.45. The molecule has 48 heavy (non-hydrogen) atoms. The van der Waals surface area contributed by atoms with Crippen molar-refractivity contribution in [1.29, 1.82) is 0 Å². The molecule has 0 bridgehead atoms. The van der Waals surface area contributed by atoms with Crippen LogP contribution in [0.3, 0.4) is 0 Å². The average Bonchev–Trinajstić information content (AvgIpc) is 3.67. The van der Waals surface area contributed by atoms with Gasteiger partial charge in [-0.1, -0.05) is 123 Å². The number of carbonyl (C=O) groups excluding carboxylic acids is 4. The molecule has 8 nitrogen and oxygen atoms in total. The SMILES string of the molecule is CC1CCCC1C(C)COC(=O)c1c(Cl)c(Cl)cc(Cl)c1OC(=O)C(=O)Oc1c(Cl)cc(Cl)c(Cl)c1C(=O)OCC(C)C1CCCC1C. The molecule has 14 heteroatoms. The largest absolute Gasteiger partial charge is 0.462 e. The molecular weight excluding hydrogens is 749 g/mol. The van der Waals surface area contributed by atoms with Gasteiger partial charge in [0, 0.05) is 0 Å². The van der Waals surface area contributed by atoms with Crippen LogP contribution in [0.5, 0.6) is 11.5 Å². The molecule has 0 saturated heterocycles. The van der Waals surface area contributed by atoms with Crippen LogP contribution in [-0.4, -0.2) is 37.1 Å². The van der Waals surface area contributed by atoms with E-state index < -0.39 is 46.5 Å². The fourth-order valence-corrected chi connectivity index (χ4v) is 8.27. The van der Waals surface area contributed by atoms with E-state index in [1.54, 1.807) is 0 Å². The highest BCUT2D eigenvalue weighted by atomic mass is 35.5. The Kier molecular flexibility index (Phi) is 13.6. The molecule has 6 unspecified atom stereocenters. The van der Waals surface area contributed by atoms with E-state index in [0.717, 1.165) is 50.7 Å². The third-order valence-corrected chi connectivity index (χ3v) is 11.6. The first-order valence-electron chi connectivity index (χ1n) is 15.7. The minimum absolute atomic E-state index is 0.0483. The summed E-state index contributed by atoms with van der Waals surface area (Å²) in [5.41, 5.74) is -0.908. The molecule has 0 aliphatic heterocycles. The van der Waals surface area contributed by atoms with Gasteiger partial charge in [0.05, 0.1) is 43.3 Å². The van der Waals surface area contributed by atoms with Crippen LogP contribution in [0, 0.1) is 35.5 Å². The number of ether oxygens (including phenoxy) is 4. The third-order valence-electron chi connectivity index (χ3n) is 9.49. The molecular formula is C34H36Cl6O8. The average molecular weight is 785 g/mol. The van der Waals surface area contributed by atoms with E-state index in [1.807, 2.05) is 13.8 Å². The summed E-state index contributed by atoms with van der Waals surface area (Å²) in [7, 11) is 0. The summed E-state index contributed by atoms with van der Waals surface area (Å²) in [6, 6.07) is 2.27. The van der Waals surface area contributed by atoms with Gasteiger partial charge < -0.3 is 18.9 Å². The van der Waals surface area contributed by atoms with Crippen molar-refractivity contribution in [3.63, 3.8) is 0 Å². The highest BCUT2D eigenvalue weighted by molar-refractivity contribution is 6.47. The van der Waals surface area contributed by atoms with E-state index in [0.29, 0.717) is 23.7 Å². The van der Waals surface area contributed by atoms with E-state index in [1.165, 1.54) is 0 Å². The molecule has 2 aromatic rings. The molecule has 0 heterocycles. The summed E-state index contributed by atoms with van der Waals surface area (Å²) >= 11 is 37.6. The Hall–Kier alpha value is -1.94. The molecule has 262 valence electrons. The van der Waals surface area contributed by atoms with Crippen LogP contribution in [0.2, 0.25) is 30.1 Å². The Morgan fingerprint density at radius 2 is 0.979 bits per heavy atom. The van der Waals surface area contributed by atoms with E-state index in [4.69, 9.17) is 88.6 Å². The lowest BCUT2D eigenvalue weighted by Gasteiger charge is -2.23. The molecule has 0 N–H and O–H groups in total.